The number of carbonyl (C=O) groups is 2. The summed E-state index contributed by atoms with van der Waals surface area (Å²) in [7, 11) is 1.30. The molecule has 0 radical (unpaired) electrons. The predicted molar refractivity (Wildman–Crippen MR) is 146 cm³/mol. The Kier molecular flexibility index (Phi) is 11.5. The summed E-state index contributed by atoms with van der Waals surface area (Å²) < 4.78 is 44.9. The van der Waals surface area contributed by atoms with E-state index in [1.807, 2.05) is 0 Å². The summed E-state index contributed by atoms with van der Waals surface area (Å²) in [6.07, 6.45) is 0. The molecule has 0 aliphatic rings. The maximum absolute atomic E-state index is 14.3. The van der Waals surface area contributed by atoms with Gasteiger partial charge in [0.25, 0.3) is 0 Å². The summed E-state index contributed by atoms with van der Waals surface area (Å²) in [6, 6.07) is 4.53. The van der Waals surface area contributed by atoms with Crippen molar-refractivity contribution in [3.05, 3.63) is 45.9 Å². The lowest BCUT2D eigenvalue weighted by molar-refractivity contribution is 0.0537. The van der Waals surface area contributed by atoms with Crippen LogP contribution in [0.3, 0.4) is 0 Å². The molecule has 0 fully saturated rings. The Morgan fingerprint density at radius 1 is 0.972 bits per heavy atom. The lowest BCUT2D eigenvalue weighted by atomic mass is 10.4. The zero-order valence-corrected chi connectivity index (χ0v) is 22.1. The minimum absolute atomic E-state index is 0. The molecule has 4 rings (SSSR count). The number of thiophene rings is 2. The molecule has 200 valence electrons. The van der Waals surface area contributed by atoms with Crippen LogP contribution in [0.4, 0.5) is 8.78 Å². The highest BCUT2D eigenvalue weighted by Crippen LogP contribution is 2.30. The average molecular weight is 561 g/mol. The molecule has 7 nitrogen and oxygen atoms in total. The van der Waals surface area contributed by atoms with E-state index in [4.69, 9.17) is 4.74 Å². The maximum atomic E-state index is 14.3. The lowest BCUT2D eigenvalue weighted by Crippen LogP contribution is -2.22. The van der Waals surface area contributed by atoms with E-state index >= 15 is 0 Å². The molecule has 0 spiro atoms. The molecule has 12 heteroatoms. The first-order valence-corrected chi connectivity index (χ1v) is 15.8. The van der Waals surface area contributed by atoms with Crippen molar-refractivity contribution in [2.75, 3.05) is 20.8 Å². The standard InChI is InChI=1S/C14H20FNO3SSi.C8H6FNO2S.2CH4/c1-18-14(17)12-11(15)13-10(5-7-20-13)16(12)9-19-6-8-21(2,3)4;1-12-8(11)6-5(9)7-4(10-6)2-3-13-7;;/h5,7H,6,8-9H2,1-4H3;2-3,10H,1H3;2*1H4. The zero-order chi connectivity index (χ0) is 25.0. The molecule has 4 heterocycles. The molecule has 0 amide bonds. The lowest BCUT2D eigenvalue weighted by Gasteiger charge is -2.16. The third-order valence-electron chi connectivity index (χ3n) is 4.94. The molecule has 0 aliphatic heterocycles. The number of aromatic amines is 1. The Labute approximate surface area is 219 Å². The molecule has 0 atom stereocenters. The summed E-state index contributed by atoms with van der Waals surface area (Å²) in [5.41, 5.74) is 1.13. The van der Waals surface area contributed by atoms with Gasteiger partial charge in [-0.25, -0.2) is 18.4 Å². The summed E-state index contributed by atoms with van der Waals surface area (Å²) in [4.78, 5) is 25.5. The van der Waals surface area contributed by atoms with Crippen LogP contribution in [-0.4, -0.2) is 50.4 Å². The van der Waals surface area contributed by atoms with Crippen molar-refractivity contribution < 1.29 is 32.6 Å². The minimum Gasteiger partial charge on any atom is -0.464 e. The number of methoxy groups -OCH3 is 2. The minimum atomic E-state index is -1.17. The number of H-pyrrole nitrogens is 1. The monoisotopic (exact) mass is 560 g/mol. The van der Waals surface area contributed by atoms with Crippen LogP contribution in [0.1, 0.15) is 35.8 Å². The highest BCUT2D eigenvalue weighted by Gasteiger charge is 2.25. The van der Waals surface area contributed by atoms with Crippen LogP contribution < -0.4 is 0 Å². The number of esters is 2. The Hall–Kier alpha value is -2.54. The van der Waals surface area contributed by atoms with Crippen molar-refractivity contribution in [3.63, 3.8) is 0 Å². The first-order chi connectivity index (χ1) is 16.1. The number of nitrogens with one attached hydrogen (secondary N) is 1. The molecule has 0 unspecified atom stereocenters. The molecule has 0 bridgehead atoms. The van der Waals surface area contributed by atoms with E-state index in [-0.39, 0.29) is 33.0 Å². The number of ether oxygens (including phenoxy) is 3. The second-order valence-electron chi connectivity index (χ2n) is 8.53. The fraction of sp³-hybridized carbons (Fsp3) is 0.417. The van der Waals surface area contributed by atoms with Gasteiger partial charge in [0.05, 0.1) is 34.7 Å². The number of rotatable bonds is 7. The van der Waals surface area contributed by atoms with E-state index in [9.17, 15) is 18.4 Å². The summed E-state index contributed by atoms with van der Waals surface area (Å²) in [5, 5.41) is 3.55. The Morgan fingerprint density at radius 2 is 1.58 bits per heavy atom. The van der Waals surface area contributed by atoms with Crippen molar-refractivity contribution in [1.82, 2.24) is 9.55 Å². The van der Waals surface area contributed by atoms with E-state index in [2.05, 4.69) is 34.1 Å². The number of carbonyl (C=O) groups excluding carboxylic acids is 2. The zero-order valence-electron chi connectivity index (χ0n) is 19.5. The molecule has 0 saturated carbocycles. The van der Waals surface area contributed by atoms with Crippen LogP contribution in [0, 0.1) is 11.6 Å². The van der Waals surface area contributed by atoms with Gasteiger partial charge in [0.2, 0.25) is 0 Å². The summed E-state index contributed by atoms with van der Waals surface area (Å²) >= 11 is 2.52. The van der Waals surface area contributed by atoms with Crippen molar-refractivity contribution >= 4 is 63.1 Å². The van der Waals surface area contributed by atoms with Gasteiger partial charge >= 0.3 is 11.9 Å². The largest absolute Gasteiger partial charge is 0.464 e. The third kappa shape index (κ3) is 6.81. The van der Waals surface area contributed by atoms with Gasteiger partial charge in [-0.05, 0) is 28.9 Å². The fourth-order valence-electron chi connectivity index (χ4n) is 3.11. The maximum Gasteiger partial charge on any atom is 0.357 e. The number of hydrogen-bond acceptors (Lipinski definition) is 7. The molecular formula is C24H34F2N2O5S2Si. The van der Waals surface area contributed by atoms with Crippen LogP contribution >= 0.6 is 22.7 Å². The second kappa shape index (κ2) is 13.1. The van der Waals surface area contributed by atoms with Crippen molar-refractivity contribution in [2.24, 2.45) is 0 Å². The van der Waals surface area contributed by atoms with Gasteiger partial charge in [0.1, 0.15) is 6.73 Å². The van der Waals surface area contributed by atoms with Gasteiger partial charge in [-0.15, -0.1) is 22.7 Å². The smallest absolute Gasteiger partial charge is 0.357 e. The quantitative estimate of drug-likeness (QED) is 0.145. The fourth-order valence-corrected chi connectivity index (χ4v) is 5.49. The predicted octanol–water partition coefficient (Wildman–Crippen LogP) is 7.37. The first kappa shape index (κ1) is 31.5. The van der Waals surface area contributed by atoms with E-state index < -0.39 is 31.6 Å². The topological polar surface area (TPSA) is 82.6 Å². The molecule has 0 saturated heterocycles. The molecule has 4 aromatic rings. The highest BCUT2D eigenvalue weighted by molar-refractivity contribution is 7.17. The summed E-state index contributed by atoms with van der Waals surface area (Å²) in [6.45, 7) is 7.57. The first-order valence-electron chi connectivity index (χ1n) is 10.3. The molecule has 4 aromatic heterocycles. The molecular weight excluding hydrogens is 526 g/mol. The van der Waals surface area contributed by atoms with Crippen LogP contribution in [-0.2, 0) is 20.9 Å². The highest BCUT2D eigenvalue weighted by atomic mass is 32.1. The summed E-state index contributed by atoms with van der Waals surface area (Å²) in [5.74, 6) is -2.41. The third-order valence-corrected chi connectivity index (χ3v) is 8.45. The van der Waals surface area contributed by atoms with Gasteiger partial charge in [0, 0.05) is 14.7 Å². The van der Waals surface area contributed by atoms with Crippen molar-refractivity contribution in [2.45, 2.75) is 47.3 Å². The number of hydrogen-bond donors (Lipinski definition) is 1. The molecule has 0 aromatic carbocycles. The van der Waals surface area contributed by atoms with Gasteiger partial charge in [-0.1, -0.05) is 34.5 Å². The van der Waals surface area contributed by atoms with Crippen LogP contribution in [0.15, 0.2) is 22.9 Å². The van der Waals surface area contributed by atoms with Crippen molar-refractivity contribution in [3.8, 4) is 0 Å². The van der Waals surface area contributed by atoms with Gasteiger partial charge in [-0.3, -0.25) is 0 Å². The normalized spacial score (nSPS) is 10.9. The van der Waals surface area contributed by atoms with Gasteiger partial charge in [0.15, 0.2) is 23.0 Å². The van der Waals surface area contributed by atoms with Crippen LogP contribution in [0.2, 0.25) is 25.7 Å². The number of halogens is 2. The average Bonchev–Trinajstić information content (AvgIpc) is 3.55. The Morgan fingerprint density at radius 3 is 2.17 bits per heavy atom. The molecule has 1 N–H and O–H groups in total. The van der Waals surface area contributed by atoms with Gasteiger partial charge in [-0.2, -0.15) is 0 Å². The number of fused-ring (bicyclic) bond motifs is 2. The van der Waals surface area contributed by atoms with Gasteiger partial charge < -0.3 is 23.8 Å². The SMILES string of the molecule is C.C.COC(=O)c1[nH]c2ccsc2c1F.COC(=O)c1c(F)c2sccc2n1COCC[Si](C)(C)C. The van der Waals surface area contributed by atoms with Crippen molar-refractivity contribution in [1.29, 1.82) is 0 Å². The van der Waals surface area contributed by atoms with Crippen LogP contribution in [0.25, 0.3) is 20.4 Å². The van der Waals surface area contributed by atoms with Crippen LogP contribution in [0.5, 0.6) is 0 Å². The van der Waals surface area contributed by atoms with E-state index in [1.54, 1.807) is 27.5 Å². The Bertz CT molecular complexity index is 1300. The van der Waals surface area contributed by atoms with E-state index in [0.29, 0.717) is 27.0 Å². The second-order valence-corrected chi connectivity index (χ2v) is 16.0. The molecule has 0 aliphatic carbocycles. The molecule has 36 heavy (non-hydrogen) atoms. The van der Waals surface area contributed by atoms with E-state index in [1.165, 1.54) is 36.9 Å². The van der Waals surface area contributed by atoms with E-state index in [0.717, 1.165) is 6.04 Å². The number of nitrogens with zero attached hydrogens (tertiary/aromatic N) is 1. The Balaban J connectivity index is 0.000000374. The number of aromatic nitrogens is 2.